The zero-order chi connectivity index (χ0) is 11.4. The minimum absolute atomic E-state index is 0.0245. The van der Waals surface area contributed by atoms with Gasteiger partial charge in [-0.15, -0.1) is 0 Å². The number of nitrogens with zero attached hydrogens (tertiary/aromatic N) is 1. The molecule has 0 spiro atoms. The SMILES string of the molecule is Cc1ccc(C[C@@H](N)c2cccnc2)cc1. The lowest BCUT2D eigenvalue weighted by atomic mass is 10.0. The van der Waals surface area contributed by atoms with Crippen LogP contribution in [0.4, 0.5) is 0 Å². The van der Waals surface area contributed by atoms with Gasteiger partial charge in [0.2, 0.25) is 0 Å². The highest BCUT2D eigenvalue weighted by atomic mass is 14.7. The summed E-state index contributed by atoms with van der Waals surface area (Å²) >= 11 is 0. The lowest BCUT2D eigenvalue weighted by molar-refractivity contribution is 0.718. The van der Waals surface area contributed by atoms with Crippen LogP contribution in [0.15, 0.2) is 48.8 Å². The molecule has 0 saturated carbocycles. The van der Waals surface area contributed by atoms with Crippen molar-refractivity contribution in [2.45, 2.75) is 19.4 Å². The molecule has 0 bridgehead atoms. The zero-order valence-corrected chi connectivity index (χ0v) is 9.43. The summed E-state index contributed by atoms with van der Waals surface area (Å²) in [7, 11) is 0. The quantitative estimate of drug-likeness (QED) is 0.849. The van der Waals surface area contributed by atoms with Crippen LogP contribution in [0.5, 0.6) is 0 Å². The first-order valence-corrected chi connectivity index (χ1v) is 5.47. The Hall–Kier alpha value is -1.67. The molecule has 16 heavy (non-hydrogen) atoms. The van der Waals surface area contributed by atoms with Crippen LogP contribution in [0.1, 0.15) is 22.7 Å². The van der Waals surface area contributed by atoms with Crippen molar-refractivity contribution in [3.8, 4) is 0 Å². The molecule has 0 aliphatic rings. The summed E-state index contributed by atoms with van der Waals surface area (Å²) in [4.78, 5) is 4.08. The van der Waals surface area contributed by atoms with Gasteiger partial charge in [0, 0.05) is 18.4 Å². The van der Waals surface area contributed by atoms with Gasteiger partial charge in [-0.1, -0.05) is 35.9 Å². The van der Waals surface area contributed by atoms with Crippen molar-refractivity contribution in [1.82, 2.24) is 4.98 Å². The summed E-state index contributed by atoms with van der Waals surface area (Å²) in [5, 5.41) is 0. The molecule has 0 aliphatic carbocycles. The maximum absolute atomic E-state index is 6.13. The van der Waals surface area contributed by atoms with E-state index in [-0.39, 0.29) is 6.04 Å². The molecule has 2 rings (SSSR count). The predicted molar refractivity (Wildman–Crippen MR) is 66.0 cm³/mol. The summed E-state index contributed by atoms with van der Waals surface area (Å²) in [6.45, 7) is 2.09. The van der Waals surface area contributed by atoms with E-state index < -0.39 is 0 Å². The van der Waals surface area contributed by atoms with E-state index in [9.17, 15) is 0 Å². The van der Waals surface area contributed by atoms with Gasteiger partial charge in [-0.05, 0) is 30.5 Å². The highest BCUT2D eigenvalue weighted by Gasteiger charge is 2.06. The number of pyridine rings is 1. The fourth-order valence-corrected chi connectivity index (χ4v) is 1.69. The molecule has 2 N–H and O–H groups in total. The van der Waals surface area contributed by atoms with Crippen molar-refractivity contribution in [2.75, 3.05) is 0 Å². The number of aromatic nitrogens is 1. The Bertz CT molecular complexity index is 434. The molecule has 1 heterocycles. The average Bonchev–Trinajstić information content (AvgIpc) is 2.33. The van der Waals surface area contributed by atoms with Crippen molar-refractivity contribution in [3.05, 3.63) is 65.5 Å². The first kappa shape index (κ1) is 10.8. The molecule has 0 amide bonds. The zero-order valence-electron chi connectivity index (χ0n) is 9.43. The van der Waals surface area contributed by atoms with Crippen molar-refractivity contribution in [1.29, 1.82) is 0 Å². The molecule has 1 aromatic heterocycles. The fourth-order valence-electron chi connectivity index (χ4n) is 1.69. The lowest BCUT2D eigenvalue weighted by Crippen LogP contribution is -2.13. The number of hydrogen-bond acceptors (Lipinski definition) is 2. The van der Waals surface area contributed by atoms with Crippen LogP contribution in [0.2, 0.25) is 0 Å². The number of benzene rings is 1. The van der Waals surface area contributed by atoms with E-state index in [1.54, 1.807) is 6.20 Å². The molecule has 0 saturated heterocycles. The molecule has 1 aromatic carbocycles. The summed E-state index contributed by atoms with van der Waals surface area (Å²) in [5.74, 6) is 0. The summed E-state index contributed by atoms with van der Waals surface area (Å²) in [6.07, 6.45) is 4.45. The molecule has 1 atom stereocenters. The van der Waals surface area contributed by atoms with Crippen molar-refractivity contribution >= 4 is 0 Å². The van der Waals surface area contributed by atoms with Crippen molar-refractivity contribution in [3.63, 3.8) is 0 Å². The Labute approximate surface area is 96.1 Å². The second-order valence-electron chi connectivity index (χ2n) is 4.08. The van der Waals surface area contributed by atoms with E-state index in [1.165, 1.54) is 11.1 Å². The number of hydrogen-bond donors (Lipinski definition) is 1. The second-order valence-corrected chi connectivity index (χ2v) is 4.08. The van der Waals surface area contributed by atoms with E-state index in [1.807, 2.05) is 18.3 Å². The molecule has 2 aromatic rings. The largest absolute Gasteiger partial charge is 0.324 e. The molecule has 0 fully saturated rings. The number of nitrogens with two attached hydrogens (primary N) is 1. The van der Waals surface area contributed by atoms with Crippen LogP contribution in [0.25, 0.3) is 0 Å². The monoisotopic (exact) mass is 212 g/mol. The standard InChI is InChI=1S/C14H16N2/c1-11-4-6-12(7-5-11)9-14(15)13-3-2-8-16-10-13/h2-8,10,14H,9,15H2,1H3/t14-/m1/s1. The van der Waals surface area contributed by atoms with Crippen LogP contribution in [-0.4, -0.2) is 4.98 Å². The number of aryl methyl sites for hydroxylation is 1. The van der Waals surface area contributed by atoms with Gasteiger partial charge in [0.15, 0.2) is 0 Å². The fraction of sp³-hybridized carbons (Fsp3) is 0.214. The summed E-state index contributed by atoms with van der Waals surface area (Å²) in [6, 6.07) is 12.5. The van der Waals surface area contributed by atoms with Gasteiger partial charge in [-0.2, -0.15) is 0 Å². The van der Waals surface area contributed by atoms with Gasteiger partial charge in [0.05, 0.1) is 0 Å². The molecular weight excluding hydrogens is 196 g/mol. The Kier molecular flexibility index (Phi) is 3.32. The smallest absolute Gasteiger partial charge is 0.0351 e. The highest BCUT2D eigenvalue weighted by Crippen LogP contribution is 2.15. The third-order valence-electron chi connectivity index (χ3n) is 2.69. The average molecular weight is 212 g/mol. The Balaban J connectivity index is 2.08. The first-order valence-electron chi connectivity index (χ1n) is 5.47. The minimum Gasteiger partial charge on any atom is -0.324 e. The van der Waals surface area contributed by atoms with E-state index in [4.69, 9.17) is 5.73 Å². The third kappa shape index (κ3) is 2.67. The number of rotatable bonds is 3. The maximum atomic E-state index is 6.13. The molecular formula is C14H16N2. The Morgan fingerprint density at radius 1 is 1.19 bits per heavy atom. The van der Waals surface area contributed by atoms with E-state index in [2.05, 4.69) is 36.2 Å². The van der Waals surface area contributed by atoms with Crippen molar-refractivity contribution < 1.29 is 0 Å². The van der Waals surface area contributed by atoms with E-state index in [0.717, 1.165) is 12.0 Å². The minimum atomic E-state index is 0.0245. The van der Waals surface area contributed by atoms with Gasteiger partial charge in [-0.3, -0.25) is 4.98 Å². The Morgan fingerprint density at radius 2 is 1.94 bits per heavy atom. The van der Waals surface area contributed by atoms with Gasteiger partial charge in [-0.25, -0.2) is 0 Å². The van der Waals surface area contributed by atoms with Crippen LogP contribution in [-0.2, 0) is 6.42 Å². The molecule has 0 aliphatic heterocycles. The highest BCUT2D eigenvalue weighted by molar-refractivity contribution is 5.24. The van der Waals surface area contributed by atoms with E-state index in [0.29, 0.717) is 0 Å². The Morgan fingerprint density at radius 3 is 2.56 bits per heavy atom. The van der Waals surface area contributed by atoms with Crippen LogP contribution in [0, 0.1) is 6.92 Å². The van der Waals surface area contributed by atoms with Crippen LogP contribution >= 0.6 is 0 Å². The van der Waals surface area contributed by atoms with Gasteiger partial charge in [0.25, 0.3) is 0 Å². The predicted octanol–water partition coefficient (Wildman–Crippen LogP) is 2.63. The molecule has 2 nitrogen and oxygen atoms in total. The topological polar surface area (TPSA) is 38.9 Å². The van der Waals surface area contributed by atoms with E-state index >= 15 is 0 Å². The maximum Gasteiger partial charge on any atom is 0.0351 e. The third-order valence-corrected chi connectivity index (χ3v) is 2.69. The second kappa shape index (κ2) is 4.90. The van der Waals surface area contributed by atoms with Crippen molar-refractivity contribution in [2.24, 2.45) is 5.73 Å². The van der Waals surface area contributed by atoms with Gasteiger partial charge < -0.3 is 5.73 Å². The van der Waals surface area contributed by atoms with Gasteiger partial charge >= 0.3 is 0 Å². The molecule has 0 radical (unpaired) electrons. The van der Waals surface area contributed by atoms with Crippen LogP contribution in [0.3, 0.4) is 0 Å². The van der Waals surface area contributed by atoms with Crippen LogP contribution < -0.4 is 5.73 Å². The first-order chi connectivity index (χ1) is 7.75. The summed E-state index contributed by atoms with van der Waals surface area (Å²) < 4.78 is 0. The molecule has 0 unspecified atom stereocenters. The van der Waals surface area contributed by atoms with Gasteiger partial charge in [0.1, 0.15) is 0 Å². The molecule has 2 heteroatoms. The lowest BCUT2D eigenvalue weighted by Gasteiger charge is -2.11. The summed E-state index contributed by atoms with van der Waals surface area (Å²) in [5.41, 5.74) is 9.75. The normalized spacial score (nSPS) is 12.4. The molecule has 82 valence electrons.